The van der Waals surface area contributed by atoms with Crippen molar-refractivity contribution in [3.8, 4) is 11.1 Å². The van der Waals surface area contributed by atoms with Crippen LogP contribution in [-0.4, -0.2) is 46.0 Å². The van der Waals surface area contributed by atoms with E-state index in [-0.39, 0.29) is 11.8 Å². The number of Topliss-reactive ketones (excluding diaryl/α,β-unsaturated/α-hetero) is 1. The predicted octanol–water partition coefficient (Wildman–Crippen LogP) is 3.56. The summed E-state index contributed by atoms with van der Waals surface area (Å²) in [6.45, 7) is -0.410. The largest absolute Gasteiger partial charge is 0.334 e. The molecule has 2 fully saturated rings. The van der Waals surface area contributed by atoms with Gasteiger partial charge in [-0.15, -0.1) is 0 Å². The molecule has 3 aliphatic rings. The molecule has 2 aromatic rings. The van der Waals surface area contributed by atoms with Crippen molar-refractivity contribution in [2.24, 2.45) is 0 Å². The number of hydrogen-bond donors (Lipinski definition) is 0. The second kappa shape index (κ2) is 7.20. The molecule has 4 amide bonds. The maximum atomic E-state index is 12.9. The molecule has 0 radical (unpaired) electrons. The average Bonchev–Trinajstić information content (AvgIpc) is 3.24. The topological polar surface area (TPSA) is 74.8 Å². The molecule has 1 saturated carbocycles. The zero-order valence-electron chi connectivity index (χ0n) is 16.6. The molecule has 152 valence electrons. The van der Waals surface area contributed by atoms with E-state index in [1.54, 1.807) is 6.07 Å². The Balaban J connectivity index is 1.37. The molecule has 0 N–H and O–H groups in total. The van der Waals surface area contributed by atoms with Crippen molar-refractivity contribution in [1.82, 2.24) is 9.80 Å². The van der Waals surface area contributed by atoms with E-state index in [0.717, 1.165) is 65.0 Å². The number of nitrogens with zero attached hydrogens (tertiary/aromatic N) is 2. The van der Waals surface area contributed by atoms with Crippen LogP contribution in [0.15, 0.2) is 42.5 Å². The third-order valence-corrected chi connectivity index (χ3v) is 6.45. The Morgan fingerprint density at radius 2 is 1.60 bits per heavy atom. The molecule has 5 rings (SSSR count). The molecule has 2 aromatic carbocycles. The first kappa shape index (κ1) is 18.7. The van der Waals surface area contributed by atoms with Gasteiger partial charge in [-0.2, -0.15) is 0 Å². The van der Waals surface area contributed by atoms with Crippen LogP contribution in [0, 0.1) is 0 Å². The van der Waals surface area contributed by atoms with E-state index in [1.165, 1.54) is 5.56 Å². The Hall–Kier alpha value is -3.28. The normalized spacial score (nSPS) is 18.7. The molecule has 0 aromatic heterocycles. The molecule has 0 bridgehead atoms. The second-order valence-corrected chi connectivity index (χ2v) is 8.27. The van der Waals surface area contributed by atoms with Crippen LogP contribution in [-0.2, 0) is 16.0 Å². The lowest BCUT2D eigenvalue weighted by molar-refractivity contribution is -0.144. The van der Waals surface area contributed by atoms with Crippen molar-refractivity contribution < 1.29 is 19.2 Å². The van der Waals surface area contributed by atoms with Gasteiger partial charge < -0.3 is 0 Å². The summed E-state index contributed by atoms with van der Waals surface area (Å²) in [5.74, 6) is -2.05. The third-order valence-electron chi connectivity index (χ3n) is 6.45. The second-order valence-electron chi connectivity index (χ2n) is 8.27. The SMILES string of the molecule is O=C(CN1C(=O)C(=O)N(C2CCCCC2)C1=O)c1ccc2c(c1)-c1ccccc1C2. The molecule has 6 heteroatoms. The number of imide groups is 2. The summed E-state index contributed by atoms with van der Waals surface area (Å²) >= 11 is 0. The van der Waals surface area contributed by atoms with Gasteiger partial charge in [0.15, 0.2) is 5.78 Å². The van der Waals surface area contributed by atoms with Gasteiger partial charge in [-0.1, -0.05) is 55.7 Å². The fourth-order valence-electron chi connectivity index (χ4n) is 4.86. The first-order valence-electron chi connectivity index (χ1n) is 10.5. The maximum absolute atomic E-state index is 12.9. The lowest BCUT2D eigenvalue weighted by Gasteiger charge is -2.28. The first-order chi connectivity index (χ1) is 14.5. The molecule has 30 heavy (non-hydrogen) atoms. The number of benzene rings is 2. The molecule has 6 nitrogen and oxygen atoms in total. The smallest absolute Gasteiger partial charge is 0.292 e. The highest BCUT2D eigenvalue weighted by Crippen LogP contribution is 2.37. The highest BCUT2D eigenvalue weighted by molar-refractivity contribution is 6.45. The first-order valence-corrected chi connectivity index (χ1v) is 10.5. The highest BCUT2D eigenvalue weighted by Gasteiger charge is 2.48. The molecular weight excluding hydrogens is 380 g/mol. The van der Waals surface area contributed by atoms with Gasteiger partial charge in [-0.25, -0.2) is 9.69 Å². The number of urea groups is 1. The van der Waals surface area contributed by atoms with Crippen LogP contribution in [0.3, 0.4) is 0 Å². The highest BCUT2D eigenvalue weighted by atomic mass is 16.2. The van der Waals surface area contributed by atoms with Crippen LogP contribution in [0.5, 0.6) is 0 Å². The van der Waals surface area contributed by atoms with Gasteiger partial charge in [-0.05, 0) is 47.6 Å². The minimum absolute atomic E-state index is 0.237. The number of hydrogen-bond acceptors (Lipinski definition) is 4. The van der Waals surface area contributed by atoms with Crippen LogP contribution < -0.4 is 0 Å². The number of ketones is 1. The molecule has 1 saturated heterocycles. The van der Waals surface area contributed by atoms with E-state index in [2.05, 4.69) is 6.07 Å². The number of carbonyl (C=O) groups is 4. The summed E-state index contributed by atoms with van der Waals surface area (Å²) in [6, 6.07) is 12.7. The van der Waals surface area contributed by atoms with Crippen molar-refractivity contribution in [3.05, 3.63) is 59.2 Å². The fraction of sp³-hybridized carbons (Fsp3) is 0.333. The summed E-state index contributed by atoms with van der Waals surface area (Å²) in [6.07, 6.45) is 5.21. The monoisotopic (exact) mass is 402 g/mol. The van der Waals surface area contributed by atoms with Gasteiger partial charge in [-0.3, -0.25) is 19.3 Å². The Labute approximate surface area is 174 Å². The molecular formula is C24H22N2O4. The van der Waals surface area contributed by atoms with Crippen molar-refractivity contribution in [3.63, 3.8) is 0 Å². The van der Waals surface area contributed by atoms with Crippen molar-refractivity contribution in [2.45, 2.75) is 44.6 Å². The van der Waals surface area contributed by atoms with E-state index in [0.29, 0.717) is 5.56 Å². The minimum Gasteiger partial charge on any atom is -0.292 e. The Morgan fingerprint density at radius 1 is 0.867 bits per heavy atom. The Bertz CT molecular complexity index is 1080. The number of amides is 4. The fourth-order valence-corrected chi connectivity index (χ4v) is 4.86. The summed E-state index contributed by atoms with van der Waals surface area (Å²) in [7, 11) is 0. The summed E-state index contributed by atoms with van der Waals surface area (Å²) < 4.78 is 0. The van der Waals surface area contributed by atoms with Crippen molar-refractivity contribution in [2.75, 3.05) is 6.54 Å². The van der Waals surface area contributed by atoms with Gasteiger partial charge in [0.2, 0.25) is 0 Å². The Morgan fingerprint density at radius 3 is 2.40 bits per heavy atom. The minimum atomic E-state index is -0.898. The lowest BCUT2D eigenvalue weighted by atomic mass is 9.94. The van der Waals surface area contributed by atoms with Crippen molar-refractivity contribution >= 4 is 23.6 Å². The van der Waals surface area contributed by atoms with Gasteiger partial charge in [0, 0.05) is 11.6 Å². The lowest BCUT2D eigenvalue weighted by Crippen LogP contribution is -2.43. The molecule has 0 spiro atoms. The van der Waals surface area contributed by atoms with Crippen LogP contribution in [0.2, 0.25) is 0 Å². The van der Waals surface area contributed by atoms with E-state index >= 15 is 0 Å². The van der Waals surface area contributed by atoms with E-state index in [9.17, 15) is 19.2 Å². The standard InChI is InChI=1S/C24H22N2O4/c27-21(17-11-10-16-12-15-6-4-5-9-19(15)20(16)13-17)14-25-22(28)23(29)26(24(25)30)18-7-2-1-3-8-18/h4-6,9-11,13,18H,1-3,7-8,12,14H2. The average molecular weight is 402 g/mol. The third kappa shape index (κ3) is 2.95. The van der Waals surface area contributed by atoms with E-state index < -0.39 is 24.4 Å². The summed E-state index contributed by atoms with van der Waals surface area (Å²) in [5, 5.41) is 0. The van der Waals surface area contributed by atoms with Crippen molar-refractivity contribution in [1.29, 1.82) is 0 Å². The van der Waals surface area contributed by atoms with Crippen LogP contribution in [0.1, 0.15) is 53.6 Å². The van der Waals surface area contributed by atoms with E-state index in [1.807, 2.05) is 30.3 Å². The number of rotatable bonds is 4. The summed E-state index contributed by atoms with van der Waals surface area (Å²) in [4.78, 5) is 52.5. The van der Waals surface area contributed by atoms with Crippen LogP contribution >= 0.6 is 0 Å². The molecule has 0 atom stereocenters. The van der Waals surface area contributed by atoms with Crippen LogP contribution in [0.4, 0.5) is 4.79 Å². The van der Waals surface area contributed by atoms with Gasteiger partial charge in [0.25, 0.3) is 0 Å². The van der Waals surface area contributed by atoms with Gasteiger partial charge in [0.05, 0.1) is 6.54 Å². The van der Waals surface area contributed by atoms with E-state index in [4.69, 9.17) is 0 Å². The number of carbonyl (C=O) groups excluding carboxylic acids is 4. The van der Waals surface area contributed by atoms with Gasteiger partial charge in [0.1, 0.15) is 0 Å². The maximum Gasteiger partial charge on any atom is 0.334 e. The van der Waals surface area contributed by atoms with Gasteiger partial charge >= 0.3 is 17.8 Å². The number of fused-ring (bicyclic) bond motifs is 3. The molecule has 2 aliphatic carbocycles. The molecule has 1 heterocycles. The van der Waals surface area contributed by atoms with Crippen LogP contribution in [0.25, 0.3) is 11.1 Å². The molecule has 0 unspecified atom stereocenters. The quantitative estimate of drug-likeness (QED) is 0.380. The predicted molar refractivity (Wildman–Crippen MR) is 110 cm³/mol. The Kier molecular flexibility index (Phi) is 4.50. The zero-order chi connectivity index (χ0) is 20.8. The summed E-state index contributed by atoms with van der Waals surface area (Å²) in [5.41, 5.74) is 4.93. The zero-order valence-corrected chi connectivity index (χ0v) is 16.6. The molecule has 1 aliphatic heterocycles.